The van der Waals surface area contributed by atoms with E-state index in [1.54, 1.807) is 0 Å². The van der Waals surface area contributed by atoms with Crippen LogP contribution in [0.2, 0.25) is 0 Å². The number of hydrogen-bond donors (Lipinski definition) is 1. The number of nitrogens with one attached hydrogen (secondary N) is 1. The average molecular weight is 488 g/mol. The van der Waals surface area contributed by atoms with Gasteiger partial charge >= 0.3 is 0 Å². The summed E-state index contributed by atoms with van der Waals surface area (Å²) in [5.74, 6) is 2.67. The number of likely N-dealkylation sites (tertiary alicyclic amines) is 2. The van der Waals surface area contributed by atoms with Crippen molar-refractivity contribution in [3.63, 3.8) is 0 Å². The maximum atomic E-state index is 4.53. The zero-order valence-electron chi connectivity index (χ0n) is 17.2. The Kier molecular flexibility index (Phi) is 9.35. The van der Waals surface area contributed by atoms with Crippen LogP contribution in [-0.2, 0) is 13.5 Å². The molecule has 1 N–H and O–H groups in total. The van der Waals surface area contributed by atoms with Gasteiger partial charge in [-0.05, 0) is 69.1 Å². The Morgan fingerprint density at radius 2 is 1.96 bits per heavy atom. The molecule has 154 valence electrons. The van der Waals surface area contributed by atoms with Crippen LogP contribution in [-0.4, -0.2) is 71.9 Å². The minimum atomic E-state index is 0. The summed E-state index contributed by atoms with van der Waals surface area (Å²) in [6, 6.07) is 0. The molecule has 0 aliphatic carbocycles. The van der Waals surface area contributed by atoms with E-state index in [9.17, 15) is 0 Å². The van der Waals surface area contributed by atoms with Gasteiger partial charge in [-0.2, -0.15) is 5.10 Å². The molecule has 27 heavy (non-hydrogen) atoms. The summed E-state index contributed by atoms with van der Waals surface area (Å²) in [6.07, 6.45) is 10.5. The molecule has 7 heteroatoms. The van der Waals surface area contributed by atoms with Crippen LogP contribution in [0.5, 0.6) is 0 Å². The van der Waals surface area contributed by atoms with Gasteiger partial charge in [0.05, 0.1) is 6.20 Å². The molecule has 1 aromatic rings. The number of aromatic nitrogens is 2. The monoisotopic (exact) mass is 488 g/mol. The van der Waals surface area contributed by atoms with Crippen molar-refractivity contribution in [3.05, 3.63) is 18.0 Å². The molecular formula is C20H37IN6. The lowest BCUT2D eigenvalue weighted by molar-refractivity contribution is 0.187. The summed E-state index contributed by atoms with van der Waals surface area (Å²) >= 11 is 0. The molecule has 3 rings (SSSR count). The number of piperidine rings is 1. The quantitative estimate of drug-likeness (QED) is 0.380. The summed E-state index contributed by atoms with van der Waals surface area (Å²) in [7, 11) is 3.90. The standard InChI is InChI=1S/C20H36N6.HI/c1-4-25-10-6-17(7-11-25)5-9-22-20(21-2)26-12-8-18(16-26)13-19-14-23-24(3)15-19;/h14-15,17-18H,4-13,16H2,1-3H3,(H,21,22);1H. The molecule has 0 radical (unpaired) electrons. The number of rotatable bonds is 6. The molecule has 0 aromatic carbocycles. The molecule has 0 saturated carbocycles. The molecule has 0 spiro atoms. The van der Waals surface area contributed by atoms with Gasteiger partial charge in [-0.1, -0.05) is 6.92 Å². The van der Waals surface area contributed by atoms with Crippen LogP contribution in [0.4, 0.5) is 0 Å². The van der Waals surface area contributed by atoms with Crippen LogP contribution in [0.1, 0.15) is 38.2 Å². The van der Waals surface area contributed by atoms with Gasteiger partial charge in [-0.25, -0.2) is 0 Å². The first kappa shape index (κ1) is 22.5. The predicted octanol–water partition coefficient (Wildman–Crippen LogP) is 2.60. The highest BCUT2D eigenvalue weighted by Crippen LogP contribution is 2.22. The van der Waals surface area contributed by atoms with Crippen LogP contribution in [0.3, 0.4) is 0 Å². The first-order chi connectivity index (χ1) is 12.7. The smallest absolute Gasteiger partial charge is 0.193 e. The molecule has 2 saturated heterocycles. The molecule has 6 nitrogen and oxygen atoms in total. The van der Waals surface area contributed by atoms with E-state index < -0.39 is 0 Å². The molecule has 3 heterocycles. The van der Waals surface area contributed by atoms with Crippen molar-refractivity contribution in [3.8, 4) is 0 Å². The van der Waals surface area contributed by atoms with Gasteiger partial charge in [0, 0.05) is 39.9 Å². The SMILES string of the molecule is CCN1CCC(CCNC(=NC)N2CCC(Cc3cnn(C)c3)C2)CC1.I. The Morgan fingerprint density at radius 1 is 1.22 bits per heavy atom. The maximum absolute atomic E-state index is 4.53. The Bertz CT molecular complexity index is 579. The molecule has 1 aromatic heterocycles. The second-order valence-electron chi connectivity index (χ2n) is 7.97. The maximum Gasteiger partial charge on any atom is 0.193 e. The number of hydrogen-bond acceptors (Lipinski definition) is 3. The zero-order valence-corrected chi connectivity index (χ0v) is 19.6. The largest absolute Gasteiger partial charge is 0.356 e. The second kappa shape index (κ2) is 11.2. The molecule has 1 atom stereocenters. The molecule has 0 bridgehead atoms. The number of aryl methyl sites for hydroxylation is 1. The average Bonchev–Trinajstić information content (AvgIpc) is 3.28. The van der Waals surface area contributed by atoms with E-state index in [-0.39, 0.29) is 24.0 Å². The number of aliphatic imine (C=N–C) groups is 1. The van der Waals surface area contributed by atoms with Gasteiger partial charge in [0.25, 0.3) is 0 Å². The third-order valence-electron chi connectivity index (χ3n) is 6.07. The molecular weight excluding hydrogens is 451 g/mol. The third-order valence-corrected chi connectivity index (χ3v) is 6.07. The Labute approximate surface area is 181 Å². The van der Waals surface area contributed by atoms with Crippen LogP contribution < -0.4 is 5.32 Å². The van der Waals surface area contributed by atoms with E-state index in [1.165, 1.54) is 50.9 Å². The number of halogens is 1. The Morgan fingerprint density at radius 3 is 2.59 bits per heavy atom. The van der Waals surface area contributed by atoms with Crippen LogP contribution in [0, 0.1) is 11.8 Å². The highest BCUT2D eigenvalue weighted by atomic mass is 127. The fourth-order valence-electron chi connectivity index (χ4n) is 4.41. The van der Waals surface area contributed by atoms with Crippen LogP contribution >= 0.6 is 24.0 Å². The van der Waals surface area contributed by atoms with E-state index in [4.69, 9.17) is 0 Å². The van der Waals surface area contributed by atoms with E-state index in [2.05, 4.69) is 38.3 Å². The van der Waals surface area contributed by atoms with E-state index in [0.717, 1.165) is 37.9 Å². The highest BCUT2D eigenvalue weighted by molar-refractivity contribution is 14.0. The molecule has 0 amide bonds. The van der Waals surface area contributed by atoms with Gasteiger partial charge < -0.3 is 15.1 Å². The highest BCUT2D eigenvalue weighted by Gasteiger charge is 2.25. The Hall–Kier alpha value is -0.830. The van der Waals surface area contributed by atoms with Gasteiger partial charge in [0.15, 0.2) is 5.96 Å². The van der Waals surface area contributed by atoms with Crippen molar-refractivity contribution in [2.45, 2.75) is 39.0 Å². The van der Waals surface area contributed by atoms with E-state index in [0.29, 0.717) is 5.92 Å². The lowest BCUT2D eigenvalue weighted by atomic mass is 9.93. The van der Waals surface area contributed by atoms with Crippen molar-refractivity contribution < 1.29 is 0 Å². The number of nitrogens with zero attached hydrogens (tertiary/aromatic N) is 5. The van der Waals surface area contributed by atoms with Crippen molar-refractivity contribution in [2.75, 3.05) is 46.3 Å². The second-order valence-corrected chi connectivity index (χ2v) is 7.97. The fourth-order valence-corrected chi connectivity index (χ4v) is 4.41. The minimum Gasteiger partial charge on any atom is -0.356 e. The van der Waals surface area contributed by atoms with Gasteiger partial charge in [-0.3, -0.25) is 9.67 Å². The van der Waals surface area contributed by atoms with Crippen molar-refractivity contribution >= 4 is 29.9 Å². The van der Waals surface area contributed by atoms with Crippen LogP contribution in [0.25, 0.3) is 0 Å². The zero-order chi connectivity index (χ0) is 18.4. The van der Waals surface area contributed by atoms with Crippen molar-refractivity contribution in [1.82, 2.24) is 24.9 Å². The molecule has 2 fully saturated rings. The van der Waals surface area contributed by atoms with Gasteiger partial charge in [0.2, 0.25) is 0 Å². The number of guanidine groups is 1. The summed E-state index contributed by atoms with van der Waals surface area (Å²) in [4.78, 5) is 9.53. The lowest BCUT2D eigenvalue weighted by Gasteiger charge is -2.31. The lowest BCUT2D eigenvalue weighted by Crippen LogP contribution is -2.41. The van der Waals surface area contributed by atoms with Gasteiger partial charge in [-0.15, -0.1) is 24.0 Å². The van der Waals surface area contributed by atoms with Crippen molar-refractivity contribution in [1.29, 1.82) is 0 Å². The molecule has 1 unspecified atom stereocenters. The topological polar surface area (TPSA) is 48.7 Å². The van der Waals surface area contributed by atoms with Crippen LogP contribution in [0.15, 0.2) is 17.4 Å². The summed E-state index contributed by atoms with van der Waals surface area (Å²) < 4.78 is 1.90. The summed E-state index contributed by atoms with van der Waals surface area (Å²) in [6.45, 7) is 9.28. The molecule has 2 aliphatic heterocycles. The predicted molar refractivity (Wildman–Crippen MR) is 123 cm³/mol. The fraction of sp³-hybridized carbons (Fsp3) is 0.800. The first-order valence-electron chi connectivity index (χ1n) is 10.3. The van der Waals surface area contributed by atoms with Crippen molar-refractivity contribution in [2.24, 2.45) is 23.9 Å². The first-order valence-corrected chi connectivity index (χ1v) is 10.3. The van der Waals surface area contributed by atoms with E-state index >= 15 is 0 Å². The third kappa shape index (κ3) is 6.62. The Balaban J connectivity index is 0.00000261. The summed E-state index contributed by atoms with van der Waals surface area (Å²) in [5, 5.41) is 7.91. The normalized spacial score (nSPS) is 22.1. The van der Waals surface area contributed by atoms with E-state index in [1.807, 2.05) is 25.0 Å². The molecule has 2 aliphatic rings. The minimum absolute atomic E-state index is 0. The summed E-state index contributed by atoms with van der Waals surface area (Å²) in [5.41, 5.74) is 1.35. The van der Waals surface area contributed by atoms with Gasteiger partial charge in [0.1, 0.15) is 0 Å².